The Kier molecular flexibility index (Phi) is 4.64. The van der Waals surface area contributed by atoms with Gasteiger partial charge in [-0.2, -0.15) is 0 Å². The molecule has 0 unspecified atom stereocenters. The second-order valence-electron chi connectivity index (χ2n) is 4.41. The number of carboxylic acids is 2. The molecule has 0 aliphatic carbocycles. The SMILES string of the molecule is N#COc1ccc(C(=O)O)c(-c2cc(OC#N)ccc2C(=O)O)c1. The van der Waals surface area contributed by atoms with Crippen LogP contribution in [-0.4, -0.2) is 22.2 Å². The van der Waals surface area contributed by atoms with Crippen molar-refractivity contribution in [3.05, 3.63) is 47.5 Å². The third-order valence-electron chi connectivity index (χ3n) is 3.06. The molecule has 2 aromatic carbocycles. The average molecular weight is 324 g/mol. The molecule has 0 aliphatic heterocycles. The van der Waals surface area contributed by atoms with Crippen LogP contribution in [0.15, 0.2) is 36.4 Å². The minimum atomic E-state index is -1.29. The number of rotatable bonds is 5. The van der Waals surface area contributed by atoms with Gasteiger partial charge in [0.2, 0.25) is 0 Å². The summed E-state index contributed by atoms with van der Waals surface area (Å²) < 4.78 is 9.32. The van der Waals surface area contributed by atoms with Gasteiger partial charge >= 0.3 is 11.9 Å². The summed E-state index contributed by atoms with van der Waals surface area (Å²) >= 11 is 0. The van der Waals surface area contributed by atoms with E-state index >= 15 is 0 Å². The molecule has 0 atom stereocenters. The Bertz CT molecular complexity index is 832. The molecule has 0 aliphatic rings. The van der Waals surface area contributed by atoms with Crippen molar-refractivity contribution in [1.82, 2.24) is 0 Å². The van der Waals surface area contributed by atoms with E-state index in [0.29, 0.717) is 0 Å². The van der Waals surface area contributed by atoms with Crippen LogP contribution in [-0.2, 0) is 0 Å². The van der Waals surface area contributed by atoms with Gasteiger partial charge in [-0.3, -0.25) is 0 Å². The molecule has 118 valence electrons. The minimum Gasteiger partial charge on any atom is -0.478 e. The molecule has 0 fully saturated rings. The Hall–Kier alpha value is -4.04. The molecule has 0 heterocycles. The molecule has 2 N–H and O–H groups in total. The predicted molar refractivity (Wildman–Crippen MR) is 78.3 cm³/mol. The molecular weight excluding hydrogens is 316 g/mol. The fourth-order valence-electron chi connectivity index (χ4n) is 2.10. The van der Waals surface area contributed by atoms with E-state index in [1.807, 2.05) is 0 Å². The lowest BCUT2D eigenvalue weighted by Crippen LogP contribution is -2.05. The van der Waals surface area contributed by atoms with Gasteiger partial charge in [0.25, 0.3) is 12.5 Å². The van der Waals surface area contributed by atoms with Crippen LogP contribution in [0.5, 0.6) is 11.5 Å². The van der Waals surface area contributed by atoms with Gasteiger partial charge < -0.3 is 19.7 Å². The van der Waals surface area contributed by atoms with Gasteiger partial charge in [0.05, 0.1) is 11.1 Å². The second kappa shape index (κ2) is 6.81. The Morgan fingerprint density at radius 1 is 0.792 bits per heavy atom. The summed E-state index contributed by atoms with van der Waals surface area (Å²) in [5.74, 6) is -2.51. The third-order valence-corrected chi connectivity index (χ3v) is 3.06. The lowest BCUT2D eigenvalue weighted by atomic mass is 9.94. The zero-order valence-corrected chi connectivity index (χ0v) is 11.9. The Balaban J connectivity index is 2.77. The lowest BCUT2D eigenvalue weighted by molar-refractivity contribution is 0.0684. The molecule has 0 saturated heterocycles. The number of carboxylic acid groups (broad SMARTS) is 2. The van der Waals surface area contributed by atoms with E-state index in [1.165, 1.54) is 48.9 Å². The van der Waals surface area contributed by atoms with Gasteiger partial charge in [0, 0.05) is 11.1 Å². The molecule has 0 amide bonds. The molecule has 2 aromatic rings. The summed E-state index contributed by atoms with van der Waals surface area (Å²) in [7, 11) is 0. The van der Waals surface area contributed by atoms with Crippen molar-refractivity contribution in [1.29, 1.82) is 10.5 Å². The molecular formula is C16H8N2O6. The molecule has 2 rings (SSSR count). The highest BCUT2D eigenvalue weighted by atomic mass is 16.5. The first-order valence-electron chi connectivity index (χ1n) is 6.35. The van der Waals surface area contributed by atoms with Crippen LogP contribution in [0.25, 0.3) is 11.1 Å². The van der Waals surface area contributed by atoms with Crippen LogP contribution < -0.4 is 9.47 Å². The zero-order valence-electron chi connectivity index (χ0n) is 11.9. The van der Waals surface area contributed by atoms with Crippen LogP contribution in [0, 0.1) is 23.0 Å². The van der Waals surface area contributed by atoms with Crippen molar-refractivity contribution in [2.45, 2.75) is 0 Å². The number of hydrogen-bond acceptors (Lipinski definition) is 6. The van der Waals surface area contributed by atoms with E-state index in [0.717, 1.165) is 0 Å². The Morgan fingerprint density at radius 2 is 1.17 bits per heavy atom. The van der Waals surface area contributed by atoms with E-state index < -0.39 is 11.9 Å². The average Bonchev–Trinajstić information content (AvgIpc) is 2.55. The van der Waals surface area contributed by atoms with Crippen molar-refractivity contribution >= 4 is 11.9 Å². The summed E-state index contributed by atoms with van der Waals surface area (Å²) in [5, 5.41) is 35.8. The number of hydrogen-bond donors (Lipinski definition) is 2. The van der Waals surface area contributed by atoms with Crippen molar-refractivity contribution in [2.24, 2.45) is 0 Å². The summed E-state index contributed by atoms with van der Waals surface area (Å²) in [6.07, 6.45) is 2.90. The normalized spacial score (nSPS) is 9.42. The summed E-state index contributed by atoms with van der Waals surface area (Å²) in [5.41, 5.74) is -0.374. The van der Waals surface area contributed by atoms with Crippen molar-refractivity contribution < 1.29 is 29.3 Å². The van der Waals surface area contributed by atoms with Crippen LogP contribution in [0.2, 0.25) is 0 Å². The van der Waals surface area contributed by atoms with Crippen molar-refractivity contribution in [2.75, 3.05) is 0 Å². The van der Waals surface area contributed by atoms with Crippen LogP contribution >= 0.6 is 0 Å². The first kappa shape index (κ1) is 16.3. The number of aromatic carboxylic acids is 2. The minimum absolute atomic E-state index is 0.0102. The maximum Gasteiger partial charge on any atom is 0.336 e. The predicted octanol–water partition coefficient (Wildman–Crippen LogP) is 2.47. The molecule has 0 radical (unpaired) electrons. The molecule has 0 spiro atoms. The van der Waals surface area contributed by atoms with Gasteiger partial charge in [0.1, 0.15) is 11.5 Å². The molecule has 0 bridgehead atoms. The highest BCUT2D eigenvalue weighted by Crippen LogP contribution is 2.33. The van der Waals surface area contributed by atoms with Gasteiger partial charge in [-0.1, -0.05) is 0 Å². The molecule has 8 heteroatoms. The fourth-order valence-corrected chi connectivity index (χ4v) is 2.10. The van der Waals surface area contributed by atoms with Crippen molar-refractivity contribution in [3.8, 4) is 35.1 Å². The molecule has 0 aromatic heterocycles. The number of nitriles is 2. The largest absolute Gasteiger partial charge is 0.478 e. The standard InChI is InChI=1S/C16H8N2O6/c17-7-23-9-1-3-11(15(19)20)13(5-9)14-6-10(24-8-18)2-4-12(14)16(21)22/h1-6H,(H,19,20)(H,21,22). The number of ether oxygens (including phenoxy) is 2. The third kappa shape index (κ3) is 3.24. The molecule has 8 nitrogen and oxygen atoms in total. The van der Waals surface area contributed by atoms with Gasteiger partial charge in [-0.15, -0.1) is 10.5 Å². The molecule has 0 saturated carbocycles. The summed E-state index contributed by atoms with van der Waals surface area (Å²) in [6.45, 7) is 0. The van der Waals surface area contributed by atoms with Gasteiger partial charge in [-0.05, 0) is 36.4 Å². The van der Waals surface area contributed by atoms with E-state index in [-0.39, 0.29) is 33.8 Å². The summed E-state index contributed by atoms with van der Waals surface area (Å²) in [6, 6.07) is 7.37. The zero-order chi connectivity index (χ0) is 17.7. The highest BCUT2D eigenvalue weighted by molar-refractivity contribution is 6.02. The van der Waals surface area contributed by atoms with E-state index in [1.54, 1.807) is 0 Å². The monoisotopic (exact) mass is 324 g/mol. The smallest absolute Gasteiger partial charge is 0.336 e. The first-order chi connectivity index (χ1) is 11.5. The van der Waals surface area contributed by atoms with Crippen molar-refractivity contribution in [3.63, 3.8) is 0 Å². The highest BCUT2D eigenvalue weighted by Gasteiger charge is 2.20. The van der Waals surface area contributed by atoms with Crippen LogP contribution in [0.4, 0.5) is 0 Å². The van der Waals surface area contributed by atoms with Crippen LogP contribution in [0.1, 0.15) is 20.7 Å². The number of benzene rings is 2. The Morgan fingerprint density at radius 3 is 1.46 bits per heavy atom. The molecule has 24 heavy (non-hydrogen) atoms. The first-order valence-corrected chi connectivity index (χ1v) is 6.35. The lowest BCUT2D eigenvalue weighted by Gasteiger charge is -2.11. The maximum atomic E-state index is 11.4. The maximum absolute atomic E-state index is 11.4. The quantitative estimate of drug-likeness (QED) is 0.799. The number of carbonyl (C=O) groups is 2. The van der Waals surface area contributed by atoms with E-state index in [4.69, 9.17) is 10.5 Å². The van der Waals surface area contributed by atoms with Gasteiger partial charge in [0.15, 0.2) is 0 Å². The second-order valence-corrected chi connectivity index (χ2v) is 4.41. The Labute approximate surface area is 135 Å². The van der Waals surface area contributed by atoms with E-state index in [9.17, 15) is 19.8 Å². The van der Waals surface area contributed by atoms with E-state index in [2.05, 4.69) is 9.47 Å². The topological polar surface area (TPSA) is 141 Å². The van der Waals surface area contributed by atoms with Crippen LogP contribution in [0.3, 0.4) is 0 Å². The van der Waals surface area contributed by atoms with Gasteiger partial charge in [-0.25, -0.2) is 9.59 Å². The fraction of sp³-hybridized carbons (Fsp3) is 0. The summed E-state index contributed by atoms with van der Waals surface area (Å²) in [4.78, 5) is 22.8. The number of nitrogens with zero attached hydrogens (tertiary/aromatic N) is 2.